The van der Waals surface area contributed by atoms with Crippen LogP contribution in [0.25, 0.3) is 11.1 Å². The lowest BCUT2D eigenvalue weighted by Crippen LogP contribution is -2.17. The highest BCUT2D eigenvalue weighted by Crippen LogP contribution is 2.21. The van der Waals surface area contributed by atoms with Crippen LogP contribution in [-0.2, 0) is 6.42 Å². The molecule has 1 heterocycles. The van der Waals surface area contributed by atoms with Crippen LogP contribution in [0.15, 0.2) is 22.6 Å². The maximum atomic E-state index is 5.68. The third kappa shape index (κ3) is 2.10. The van der Waals surface area contributed by atoms with Gasteiger partial charge in [-0.25, -0.2) is 4.98 Å². The minimum atomic E-state index is 0.0555. The van der Waals surface area contributed by atoms with Crippen LogP contribution in [0, 0.1) is 0 Å². The summed E-state index contributed by atoms with van der Waals surface area (Å²) in [4.78, 5) is 4.33. The van der Waals surface area contributed by atoms with E-state index in [9.17, 15) is 0 Å². The molecule has 1 unspecified atom stereocenters. The molecule has 0 saturated carbocycles. The van der Waals surface area contributed by atoms with Crippen LogP contribution in [0.2, 0.25) is 0 Å². The number of aromatic nitrogens is 1. The van der Waals surface area contributed by atoms with Crippen LogP contribution < -0.4 is 10.5 Å². The summed E-state index contributed by atoms with van der Waals surface area (Å²) in [5.41, 5.74) is 7.26. The number of hydrogen-bond donors (Lipinski definition) is 1. The van der Waals surface area contributed by atoms with Crippen LogP contribution >= 0.6 is 0 Å². The number of nitrogens with zero attached hydrogens (tertiary/aromatic N) is 1. The minimum Gasteiger partial charge on any atom is -0.497 e. The Morgan fingerprint density at radius 3 is 3.00 bits per heavy atom. The largest absolute Gasteiger partial charge is 0.497 e. The van der Waals surface area contributed by atoms with Crippen molar-refractivity contribution in [3.63, 3.8) is 0 Å². The number of oxazole rings is 1. The monoisotopic (exact) mass is 206 g/mol. The summed E-state index contributed by atoms with van der Waals surface area (Å²) in [5, 5.41) is 0. The second kappa shape index (κ2) is 3.90. The van der Waals surface area contributed by atoms with Crippen molar-refractivity contribution in [3.8, 4) is 5.75 Å². The van der Waals surface area contributed by atoms with E-state index in [1.165, 1.54) is 0 Å². The van der Waals surface area contributed by atoms with Gasteiger partial charge in [-0.05, 0) is 19.1 Å². The van der Waals surface area contributed by atoms with Crippen molar-refractivity contribution in [2.45, 2.75) is 19.4 Å². The first-order valence-electron chi connectivity index (χ1n) is 4.88. The van der Waals surface area contributed by atoms with Gasteiger partial charge in [0.15, 0.2) is 11.5 Å². The lowest BCUT2D eigenvalue weighted by atomic mass is 10.2. The minimum absolute atomic E-state index is 0.0555. The van der Waals surface area contributed by atoms with E-state index in [0.717, 1.165) is 16.8 Å². The van der Waals surface area contributed by atoms with Gasteiger partial charge in [-0.3, -0.25) is 0 Å². The Bertz CT molecular complexity index is 463. The highest BCUT2D eigenvalue weighted by molar-refractivity contribution is 5.74. The number of ether oxygens (including phenoxy) is 1. The highest BCUT2D eigenvalue weighted by Gasteiger charge is 2.08. The lowest BCUT2D eigenvalue weighted by molar-refractivity contribution is 0.415. The fourth-order valence-electron chi connectivity index (χ4n) is 1.44. The zero-order valence-electron chi connectivity index (χ0n) is 8.86. The average Bonchev–Trinajstić information content (AvgIpc) is 2.57. The van der Waals surface area contributed by atoms with Gasteiger partial charge in [-0.2, -0.15) is 0 Å². The van der Waals surface area contributed by atoms with E-state index in [4.69, 9.17) is 14.9 Å². The summed E-state index contributed by atoms with van der Waals surface area (Å²) in [6, 6.07) is 5.61. The molecule has 1 aromatic carbocycles. The molecular formula is C11H14N2O2. The topological polar surface area (TPSA) is 61.3 Å². The third-order valence-corrected chi connectivity index (χ3v) is 2.14. The molecule has 0 radical (unpaired) electrons. The number of methoxy groups -OCH3 is 1. The summed E-state index contributed by atoms with van der Waals surface area (Å²) < 4.78 is 10.6. The van der Waals surface area contributed by atoms with Crippen molar-refractivity contribution >= 4 is 11.1 Å². The molecule has 0 fully saturated rings. The number of benzene rings is 1. The molecule has 0 aliphatic heterocycles. The van der Waals surface area contributed by atoms with Gasteiger partial charge < -0.3 is 14.9 Å². The molecule has 4 heteroatoms. The summed E-state index contributed by atoms with van der Waals surface area (Å²) in [7, 11) is 1.63. The Balaban J connectivity index is 2.37. The molecule has 1 atom stereocenters. The summed E-state index contributed by atoms with van der Waals surface area (Å²) in [6.07, 6.45) is 0.650. The van der Waals surface area contributed by atoms with Gasteiger partial charge in [0.1, 0.15) is 11.3 Å². The van der Waals surface area contributed by atoms with Crippen molar-refractivity contribution in [3.05, 3.63) is 24.1 Å². The molecule has 2 N–H and O–H groups in total. The van der Waals surface area contributed by atoms with Crippen LogP contribution in [0.3, 0.4) is 0 Å². The number of fused-ring (bicyclic) bond motifs is 1. The molecule has 15 heavy (non-hydrogen) atoms. The first-order valence-corrected chi connectivity index (χ1v) is 4.88. The Morgan fingerprint density at radius 1 is 1.53 bits per heavy atom. The zero-order chi connectivity index (χ0) is 10.8. The number of rotatable bonds is 3. The van der Waals surface area contributed by atoms with Crippen LogP contribution in [-0.4, -0.2) is 18.1 Å². The van der Waals surface area contributed by atoms with E-state index >= 15 is 0 Å². The summed E-state index contributed by atoms with van der Waals surface area (Å²) in [6.45, 7) is 1.93. The van der Waals surface area contributed by atoms with Gasteiger partial charge in [-0.15, -0.1) is 0 Å². The fraction of sp³-hybridized carbons (Fsp3) is 0.364. The zero-order valence-corrected chi connectivity index (χ0v) is 8.86. The van der Waals surface area contributed by atoms with Crippen molar-refractivity contribution in [1.82, 2.24) is 4.98 Å². The molecule has 2 rings (SSSR count). The fourth-order valence-corrected chi connectivity index (χ4v) is 1.44. The Kier molecular flexibility index (Phi) is 2.60. The third-order valence-electron chi connectivity index (χ3n) is 2.14. The first kappa shape index (κ1) is 9.98. The molecule has 2 aromatic rings. The summed E-state index contributed by atoms with van der Waals surface area (Å²) >= 11 is 0. The molecule has 1 aromatic heterocycles. The van der Waals surface area contributed by atoms with E-state index in [1.54, 1.807) is 7.11 Å². The van der Waals surface area contributed by atoms with Crippen molar-refractivity contribution in [2.24, 2.45) is 5.73 Å². The number of hydrogen-bond acceptors (Lipinski definition) is 4. The van der Waals surface area contributed by atoms with E-state index in [0.29, 0.717) is 12.3 Å². The molecule has 0 amide bonds. The molecule has 0 aliphatic carbocycles. The molecule has 0 saturated heterocycles. The molecule has 0 aliphatic rings. The SMILES string of the molecule is COc1ccc2oc(CC(C)N)nc2c1. The lowest BCUT2D eigenvalue weighted by Gasteiger charge is -1.97. The quantitative estimate of drug-likeness (QED) is 0.830. The molecule has 0 bridgehead atoms. The molecule has 4 nitrogen and oxygen atoms in total. The van der Waals surface area contributed by atoms with Crippen LogP contribution in [0.5, 0.6) is 5.75 Å². The highest BCUT2D eigenvalue weighted by atomic mass is 16.5. The van der Waals surface area contributed by atoms with Gasteiger partial charge in [0.2, 0.25) is 0 Å². The second-order valence-corrected chi connectivity index (χ2v) is 3.62. The standard InChI is InChI=1S/C11H14N2O2/c1-7(12)5-11-13-9-6-8(14-2)3-4-10(9)15-11/h3-4,6-7H,5,12H2,1-2H3. The van der Waals surface area contributed by atoms with E-state index in [2.05, 4.69) is 4.98 Å². The smallest absolute Gasteiger partial charge is 0.197 e. The van der Waals surface area contributed by atoms with Gasteiger partial charge in [0.05, 0.1) is 7.11 Å². The van der Waals surface area contributed by atoms with E-state index in [-0.39, 0.29) is 6.04 Å². The number of nitrogens with two attached hydrogens (primary N) is 1. The van der Waals surface area contributed by atoms with Crippen molar-refractivity contribution in [2.75, 3.05) is 7.11 Å². The maximum absolute atomic E-state index is 5.68. The van der Waals surface area contributed by atoms with Crippen LogP contribution in [0.1, 0.15) is 12.8 Å². The van der Waals surface area contributed by atoms with Crippen molar-refractivity contribution in [1.29, 1.82) is 0 Å². The molecule has 0 spiro atoms. The van der Waals surface area contributed by atoms with Gasteiger partial charge in [-0.1, -0.05) is 0 Å². The van der Waals surface area contributed by atoms with Crippen LogP contribution in [0.4, 0.5) is 0 Å². The second-order valence-electron chi connectivity index (χ2n) is 3.62. The average molecular weight is 206 g/mol. The van der Waals surface area contributed by atoms with Gasteiger partial charge in [0, 0.05) is 18.5 Å². The normalized spacial score (nSPS) is 13.0. The first-order chi connectivity index (χ1) is 7.19. The van der Waals surface area contributed by atoms with Gasteiger partial charge >= 0.3 is 0 Å². The molecule has 80 valence electrons. The predicted molar refractivity (Wildman–Crippen MR) is 57.9 cm³/mol. The van der Waals surface area contributed by atoms with E-state index < -0.39 is 0 Å². The molecular weight excluding hydrogens is 192 g/mol. The Labute approximate surface area is 88.0 Å². The van der Waals surface area contributed by atoms with E-state index in [1.807, 2.05) is 25.1 Å². The Morgan fingerprint density at radius 2 is 2.33 bits per heavy atom. The van der Waals surface area contributed by atoms with Gasteiger partial charge in [0.25, 0.3) is 0 Å². The predicted octanol–water partition coefficient (Wildman–Crippen LogP) is 1.73. The summed E-state index contributed by atoms with van der Waals surface area (Å²) in [5.74, 6) is 1.46. The van der Waals surface area contributed by atoms with Crippen molar-refractivity contribution < 1.29 is 9.15 Å². The Hall–Kier alpha value is -1.55. The maximum Gasteiger partial charge on any atom is 0.197 e.